The number of hydrogen-bond donors (Lipinski definition) is 1. The highest BCUT2D eigenvalue weighted by molar-refractivity contribution is 8.74. The molecule has 1 unspecified atom stereocenters. The summed E-state index contributed by atoms with van der Waals surface area (Å²) in [5, 5.41) is 5.77. The Balaban J connectivity index is 2.91. The van der Waals surface area contributed by atoms with E-state index in [0.29, 0.717) is 4.51 Å². The summed E-state index contributed by atoms with van der Waals surface area (Å²) < 4.78 is 27.7. The average Bonchev–Trinajstić information content (AvgIpc) is 2.45. The third-order valence-corrected chi connectivity index (χ3v) is 5.04. The van der Waals surface area contributed by atoms with Gasteiger partial charge in [0, 0.05) is 5.22 Å². The highest BCUT2D eigenvalue weighted by Gasteiger charge is 2.15. The number of fused-ring (bicyclic) bond motifs is 1. The number of nitrogens with two attached hydrogens (primary N) is 1. The predicted molar refractivity (Wildman–Crippen MR) is 51.2 cm³/mol. The lowest BCUT2D eigenvalue weighted by Crippen LogP contribution is -2.08. The maximum absolute atomic E-state index is 11.0. The van der Waals surface area contributed by atoms with Crippen LogP contribution < -0.4 is 10.4 Å². The van der Waals surface area contributed by atoms with Crippen LogP contribution in [0.25, 0.3) is 6.26 Å². The van der Waals surface area contributed by atoms with Gasteiger partial charge in [-0.1, -0.05) is 18.2 Å². The minimum absolute atomic E-state index is 0.630. The van der Waals surface area contributed by atoms with Gasteiger partial charge in [-0.25, -0.2) is 5.14 Å². The normalized spacial score (nSPS) is 20.2. The average molecular weight is 217 g/mol. The van der Waals surface area contributed by atoms with Gasteiger partial charge in [-0.05, 0) is 6.07 Å². The van der Waals surface area contributed by atoms with Crippen LogP contribution in [0.15, 0.2) is 24.3 Å². The van der Waals surface area contributed by atoms with Gasteiger partial charge in [0.15, 0.2) is 0 Å². The van der Waals surface area contributed by atoms with Crippen molar-refractivity contribution in [1.29, 1.82) is 0 Å². The largest absolute Gasteiger partial charge is 0.424 e. The Kier molecular flexibility index (Phi) is 1.90. The van der Waals surface area contributed by atoms with Crippen LogP contribution in [0.3, 0.4) is 0 Å². The molecule has 0 radical (unpaired) electrons. The van der Waals surface area contributed by atoms with E-state index in [4.69, 9.17) is 9.32 Å². The summed E-state index contributed by atoms with van der Waals surface area (Å²) in [6.45, 7) is 0. The molecule has 1 aromatic rings. The number of rotatable bonds is 1. The first-order valence-corrected chi connectivity index (χ1v) is 6.67. The molecule has 0 spiro atoms. The lowest BCUT2D eigenvalue weighted by Gasteiger charge is -1.98. The molecule has 2 N–H and O–H groups in total. The molecule has 1 aliphatic heterocycles. The van der Waals surface area contributed by atoms with E-state index >= 15 is 0 Å². The second kappa shape index (κ2) is 2.83. The Hall–Kier alpha value is -0.850. The van der Waals surface area contributed by atoms with Crippen LogP contribution in [-0.2, 0) is 13.2 Å². The molecule has 0 aromatic heterocycles. The molecule has 4 nitrogen and oxygen atoms in total. The molecule has 70 valence electrons. The summed E-state index contributed by atoms with van der Waals surface area (Å²) in [4.78, 5) is 0. The van der Waals surface area contributed by atoms with Crippen LogP contribution in [-0.4, -0.2) is 8.42 Å². The summed E-state index contributed by atoms with van der Waals surface area (Å²) in [6.07, 6.45) is 1.42. The molecule has 0 bridgehead atoms. The van der Waals surface area contributed by atoms with E-state index in [-0.39, 0.29) is 0 Å². The van der Waals surface area contributed by atoms with E-state index in [1.807, 2.05) is 6.07 Å². The van der Waals surface area contributed by atoms with Gasteiger partial charge in [0.25, 0.3) is 9.06 Å². The monoisotopic (exact) mass is 217 g/mol. The van der Waals surface area contributed by atoms with Crippen LogP contribution >= 0.6 is 9.80 Å². The van der Waals surface area contributed by atoms with Crippen molar-refractivity contribution in [2.45, 2.75) is 0 Å². The van der Waals surface area contributed by atoms with E-state index in [1.54, 1.807) is 18.2 Å². The van der Waals surface area contributed by atoms with Crippen LogP contribution in [0.1, 0.15) is 0 Å². The topological polar surface area (TPSA) is 69.4 Å². The second-order valence-corrected chi connectivity index (χ2v) is 6.87. The number of hydrogen-bond acceptors (Lipinski definition) is 3. The Morgan fingerprint density at radius 1 is 1.31 bits per heavy atom. The van der Waals surface area contributed by atoms with Crippen LogP contribution in [0.4, 0.5) is 0 Å². The van der Waals surface area contributed by atoms with E-state index < -0.39 is 18.9 Å². The molecule has 0 saturated carbocycles. The zero-order valence-corrected chi connectivity index (χ0v) is 8.14. The van der Waals surface area contributed by atoms with Gasteiger partial charge in [0.2, 0.25) is 0 Å². The van der Waals surface area contributed by atoms with Crippen molar-refractivity contribution in [2.75, 3.05) is 0 Å². The molecule has 1 heterocycles. The Labute approximate surface area is 77.2 Å². The Morgan fingerprint density at radius 3 is 2.69 bits per heavy atom. The quantitative estimate of drug-likeness (QED) is 0.535. The van der Waals surface area contributed by atoms with Crippen molar-refractivity contribution in [3.05, 3.63) is 34.0 Å². The minimum atomic E-state index is -3.64. The standard InChI is InChI=1S/C7H7NO3S2/c8-13(9,10)12-7-4-2-1-3-6(7)5-11-12/h1-5H,(H2,8,9,10). The summed E-state index contributed by atoms with van der Waals surface area (Å²) in [5.41, 5.74) is 0. The Morgan fingerprint density at radius 2 is 2.00 bits per heavy atom. The molecule has 1 aliphatic rings. The summed E-state index contributed by atoms with van der Waals surface area (Å²) in [6, 6.07) is 7.06. The highest BCUT2D eigenvalue weighted by atomic mass is 33.2. The maximum Gasteiger partial charge on any atom is 0.290 e. The lowest BCUT2D eigenvalue weighted by atomic mass is 10.3. The molecule has 2 rings (SSSR count). The molecule has 0 fully saturated rings. The molecular weight excluding hydrogens is 210 g/mol. The van der Waals surface area contributed by atoms with Crippen molar-refractivity contribution in [1.82, 2.24) is 0 Å². The van der Waals surface area contributed by atoms with Crippen LogP contribution in [0.5, 0.6) is 0 Å². The molecule has 13 heavy (non-hydrogen) atoms. The van der Waals surface area contributed by atoms with Crippen LogP contribution in [0, 0.1) is 4.51 Å². The smallest absolute Gasteiger partial charge is 0.290 e. The van der Waals surface area contributed by atoms with Gasteiger partial charge in [0.05, 0.1) is 4.51 Å². The molecule has 0 saturated heterocycles. The van der Waals surface area contributed by atoms with Gasteiger partial charge < -0.3 is 4.18 Å². The predicted octanol–water partition coefficient (Wildman–Crippen LogP) is 0.0931. The van der Waals surface area contributed by atoms with Crippen molar-refractivity contribution in [3.8, 4) is 0 Å². The fraction of sp³-hybridized carbons (Fsp3) is 0. The molecule has 6 heteroatoms. The lowest BCUT2D eigenvalue weighted by molar-refractivity contribution is 0.600. The van der Waals surface area contributed by atoms with E-state index in [1.165, 1.54) is 6.26 Å². The first-order chi connectivity index (χ1) is 6.09. The van der Waals surface area contributed by atoms with Crippen molar-refractivity contribution in [2.24, 2.45) is 5.14 Å². The van der Waals surface area contributed by atoms with Gasteiger partial charge in [-0.15, -0.1) is 0 Å². The van der Waals surface area contributed by atoms with Crippen LogP contribution in [0.2, 0.25) is 0 Å². The summed E-state index contributed by atoms with van der Waals surface area (Å²) in [7, 11) is -4.97. The fourth-order valence-corrected chi connectivity index (χ4v) is 3.86. The van der Waals surface area contributed by atoms with Gasteiger partial charge in [-0.2, -0.15) is 8.42 Å². The Bertz CT molecular complexity index is 562. The summed E-state index contributed by atoms with van der Waals surface area (Å²) in [5.74, 6) is 0. The maximum atomic E-state index is 11.0. The number of benzene rings is 1. The molecule has 0 aliphatic carbocycles. The second-order valence-electron chi connectivity index (χ2n) is 2.48. The highest BCUT2D eigenvalue weighted by Crippen LogP contribution is 2.26. The van der Waals surface area contributed by atoms with Gasteiger partial charge in [-0.3, -0.25) is 0 Å². The van der Waals surface area contributed by atoms with Crippen molar-refractivity contribution in [3.63, 3.8) is 0 Å². The van der Waals surface area contributed by atoms with E-state index in [2.05, 4.69) is 0 Å². The third-order valence-electron chi connectivity index (χ3n) is 1.57. The van der Waals surface area contributed by atoms with Gasteiger partial charge >= 0.3 is 0 Å². The molecular formula is C7H7NO3S2. The molecule has 1 aromatic carbocycles. The van der Waals surface area contributed by atoms with E-state index in [0.717, 1.165) is 5.22 Å². The molecule has 1 atom stereocenters. The van der Waals surface area contributed by atoms with Gasteiger partial charge in [0.1, 0.15) is 16.1 Å². The SMILES string of the molecule is NS(=O)(=O)S1=c2ccccc2=CO1. The first-order valence-electron chi connectivity index (χ1n) is 3.46. The fourth-order valence-electron chi connectivity index (χ4n) is 1.06. The molecule has 0 amide bonds. The van der Waals surface area contributed by atoms with Crippen molar-refractivity contribution >= 4 is 25.1 Å². The zero-order chi connectivity index (χ0) is 9.47. The van der Waals surface area contributed by atoms with Crippen molar-refractivity contribution < 1.29 is 12.6 Å². The third kappa shape index (κ3) is 1.48. The van der Waals surface area contributed by atoms with E-state index in [9.17, 15) is 8.42 Å². The minimum Gasteiger partial charge on any atom is -0.424 e. The first kappa shape index (κ1) is 8.74. The zero-order valence-electron chi connectivity index (χ0n) is 6.51. The summed E-state index contributed by atoms with van der Waals surface area (Å²) >= 11 is 0.